The number of rotatable bonds is 6. The summed E-state index contributed by atoms with van der Waals surface area (Å²) in [4.78, 5) is 0. The molecule has 1 aromatic carbocycles. The van der Waals surface area contributed by atoms with Crippen molar-refractivity contribution < 1.29 is 14.2 Å². The Bertz CT molecular complexity index is 586. The van der Waals surface area contributed by atoms with Crippen LogP contribution in [0.3, 0.4) is 0 Å². The van der Waals surface area contributed by atoms with Crippen molar-refractivity contribution in [2.45, 2.75) is 6.42 Å². The van der Waals surface area contributed by atoms with Gasteiger partial charge in [-0.15, -0.1) is 10.2 Å². The molecule has 0 atom stereocenters. The number of nitrogens with zero attached hydrogens (tertiary/aromatic N) is 2. The summed E-state index contributed by atoms with van der Waals surface area (Å²) in [6.07, 6.45) is 0.716. The second kappa shape index (κ2) is 6.53. The molecule has 7 heteroatoms. The molecule has 1 aromatic heterocycles. The molecule has 2 aromatic rings. The monoisotopic (exact) mass is 295 g/mol. The Hall–Kier alpha value is -1.86. The van der Waals surface area contributed by atoms with E-state index >= 15 is 0 Å². The zero-order chi connectivity index (χ0) is 14.5. The number of methoxy groups -OCH3 is 3. The van der Waals surface area contributed by atoms with E-state index in [1.165, 1.54) is 11.3 Å². The highest BCUT2D eigenvalue weighted by Crippen LogP contribution is 2.44. The van der Waals surface area contributed by atoms with Crippen LogP contribution < -0.4 is 19.9 Å². The zero-order valence-corrected chi connectivity index (χ0v) is 12.5. The Labute approximate surface area is 121 Å². The Morgan fingerprint density at radius 2 is 1.80 bits per heavy atom. The third-order valence-corrected chi connectivity index (χ3v) is 3.78. The van der Waals surface area contributed by atoms with Gasteiger partial charge in [-0.1, -0.05) is 11.3 Å². The van der Waals surface area contributed by atoms with Gasteiger partial charge < -0.3 is 19.9 Å². The summed E-state index contributed by atoms with van der Waals surface area (Å²) in [5, 5.41) is 9.97. The number of hydrogen-bond acceptors (Lipinski definition) is 7. The van der Waals surface area contributed by atoms with E-state index in [2.05, 4.69) is 10.2 Å². The minimum absolute atomic E-state index is 0.545. The van der Waals surface area contributed by atoms with Crippen LogP contribution in [0.5, 0.6) is 17.2 Å². The first-order chi connectivity index (χ1) is 9.74. The molecule has 0 spiro atoms. The third-order valence-electron chi connectivity index (χ3n) is 2.76. The van der Waals surface area contributed by atoms with Gasteiger partial charge in [-0.05, 0) is 18.7 Å². The standard InChI is InChI=1S/C13H17N3O3S/c1-17-9-5-4-8(11(18-2)12(9)19-3)13-16-15-10(20-13)6-7-14/h4-5H,6-7,14H2,1-3H3. The molecule has 0 radical (unpaired) electrons. The summed E-state index contributed by atoms with van der Waals surface area (Å²) in [6, 6.07) is 3.70. The Kier molecular flexibility index (Phi) is 4.75. The molecular weight excluding hydrogens is 278 g/mol. The maximum atomic E-state index is 5.53. The highest BCUT2D eigenvalue weighted by molar-refractivity contribution is 7.14. The average Bonchev–Trinajstić information content (AvgIpc) is 2.94. The van der Waals surface area contributed by atoms with Crippen molar-refractivity contribution in [2.24, 2.45) is 5.73 Å². The number of nitrogens with two attached hydrogens (primary N) is 1. The third kappa shape index (κ3) is 2.68. The molecule has 0 saturated carbocycles. The van der Waals surface area contributed by atoms with Gasteiger partial charge in [-0.25, -0.2) is 0 Å². The first kappa shape index (κ1) is 14.5. The molecule has 0 aliphatic rings. The van der Waals surface area contributed by atoms with Crippen LogP contribution in [0.15, 0.2) is 12.1 Å². The molecule has 2 rings (SSSR count). The second-order valence-electron chi connectivity index (χ2n) is 3.92. The van der Waals surface area contributed by atoms with Gasteiger partial charge in [0.2, 0.25) is 5.75 Å². The van der Waals surface area contributed by atoms with Crippen molar-refractivity contribution in [1.82, 2.24) is 10.2 Å². The predicted molar refractivity (Wildman–Crippen MR) is 77.8 cm³/mol. The number of hydrogen-bond donors (Lipinski definition) is 1. The van der Waals surface area contributed by atoms with E-state index in [1.807, 2.05) is 12.1 Å². The van der Waals surface area contributed by atoms with Crippen LogP contribution in [0.2, 0.25) is 0 Å². The smallest absolute Gasteiger partial charge is 0.204 e. The quantitative estimate of drug-likeness (QED) is 0.874. The fraction of sp³-hybridized carbons (Fsp3) is 0.385. The van der Waals surface area contributed by atoms with E-state index in [4.69, 9.17) is 19.9 Å². The van der Waals surface area contributed by atoms with Gasteiger partial charge in [0.15, 0.2) is 16.5 Å². The topological polar surface area (TPSA) is 79.5 Å². The number of aromatic nitrogens is 2. The molecule has 0 unspecified atom stereocenters. The molecule has 0 fully saturated rings. The van der Waals surface area contributed by atoms with Crippen LogP contribution in [0.1, 0.15) is 5.01 Å². The highest BCUT2D eigenvalue weighted by Gasteiger charge is 2.19. The van der Waals surface area contributed by atoms with Gasteiger partial charge >= 0.3 is 0 Å². The summed E-state index contributed by atoms with van der Waals surface area (Å²) in [5.41, 5.74) is 6.35. The lowest BCUT2D eigenvalue weighted by Crippen LogP contribution is -2.01. The molecule has 0 aliphatic carbocycles. The van der Waals surface area contributed by atoms with Gasteiger partial charge in [0.1, 0.15) is 5.01 Å². The van der Waals surface area contributed by atoms with Crippen LogP contribution in [-0.2, 0) is 6.42 Å². The lowest BCUT2D eigenvalue weighted by molar-refractivity contribution is 0.325. The minimum Gasteiger partial charge on any atom is -0.493 e. The average molecular weight is 295 g/mol. The molecular formula is C13H17N3O3S. The molecule has 20 heavy (non-hydrogen) atoms. The van der Waals surface area contributed by atoms with Crippen molar-refractivity contribution in [1.29, 1.82) is 0 Å². The second-order valence-corrected chi connectivity index (χ2v) is 4.98. The van der Waals surface area contributed by atoms with E-state index in [1.54, 1.807) is 21.3 Å². The van der Waals surface area contributed by atoms with Gasteiger partial charge in [0.05, 0.1) is 26.9 Å². The SMILES string of the molecule is COc1ccc(-c2nnc(CCN)s2)c(OC)c1OC. The fourth-order valence-electron chi connectivity index (χ4n) is 1.86. The first-order valence-corrected chi connectivity index (χ1v) is 6.88. The molecule has 1 heterocycles. The van der Waals surface area contributed by atoms with E-state index in [-0.39, 0.29) is 0 Å². The van der Waals surface area contributed by atoms with Crippen molar-refractivity contribution >= 4 is 11.3 Å². The normalized spacial score (nSPS) is 10.4. The summed E-state index contributed by atoms with van der Waals surface area (Å²) in [7, 11) is 4.74. The molecule has 0 aliphatic heterocycles. The van der Waals surface area contributed by atoms with E-state index in [0.717, 1.165) is 15.6 Å². The molecule has 6 nitrogen and oxygen atoms in total. The number of ether oxygens (including phenoxy) is 3. The van der Waals surface area contributed by atoms with Gasteiger partial charge in [-0.3, -0.25) is 0 Å². The summed E-state index contributed by atoms with van der Waals surface area (Å²) < 4.78 is 16.1. The van der Waals surface area contributed by atoms with Crippen LogP contribution in [-0.4, -0.2) is 38.1 Å². The molecule has 0 bridgehead atoms. The van der Waals surface area contributed by atoms with Crippen LogP contribution >= 0.6 is 11.3 Å². The summed E-state index contributed by atoms with van der Waals surface area (Å²) in [6.45, 7) is 0.553. The largest absolute Gasteiger partial charge is 0.493 e. The molecule has 2 N–H and O–H groups in total. The fourth-order valence-corrected chi connectivity index (χ4v) is 2.73. The Morgan fingerprint density at radius 1 is 1.05 bits per heavy atom. The maximum Gasteiger partial charge on any atom is 0.204 e. The Balaban J connectivity index is 2.49. The van der Waals surface area contributed by atoms with Crippen molar-refractivity contribution in [3.63, 3.8) is 0 Å². The van der Waals surface area contributed by atoms with Gasteiger partial charge in [0, 0.05) is 6.42 Å². The van der Waals surface area contributed by atoms with Gasteiger partial charge in [-0.2, -0.15) is 0 Å². The minimum atomic E-state index is 0.545. The van der Waals surface area contributed by atoms with Crippen LogP contribution in [0.4, 0.5) is 0 Å². The van der Waals surface area contributed by atoms with Crippen LogP contribution in [0, 0.1) is 0 Å². The lowest BCUT2D eigenvalue weighted by Gasteiger charge is -2.14. The van der Waals surface area contributed by atoms with E-state index in [0.29, 0.717) is 30.2 Å². The Morgan fingerprint density at radius 3 is 2.40 bits per heavy atom. The van der Waals surface area contributed by atoms with Crippen LogP contribution in [0.25, 0.3) is 10.6 Å². The first-order valence-electron chi connectivity index (χ1n) is 6.07. The van der Waals surface area contributed by atoms with Crippen molar-refractivity contribution in [3.05, 3.63) is 17.1 Å². The highest BCUT2D eigenvalue weighted by atomic mass is 32.1. The molecule has 0 amide bonds. The zero-order valence-electron chi connectivity index (χ0n) is 11.7. The van der Waals surface area contributed by atoms with E-state index < -0.39 is 0 Å². The molecule has 108 valence electrons. The van der Waals surface area contributed by atoms with Crippen molar-refractivity contribution in [2.75, 3.05) is 27.9 Å². The number of benzene rings is 1. The predicted octanol–water partition coefficient (Wildman–Crippen LogP) is 1.73. The van der Waals surface area contributed by atoms with E-state index in [9.17, 15) is 0 Å². The lowest BCUT2D eigenvalue weighted by atomic mass is 10.2. The maximum absolute atomic E-state index is 5.53. The van der Waals surface area contributed by atoms with Crippen molar-refractivity contribution in [3.8, 4) is 27.8 Å². The summed E-state index contributed by atoms with van der Waals surface area (Å²) >= 11 is 1.49. The summed E-state index contributed by atoms with van der Waals surface area (Å²) in [5.74, 6) is 1.74. The van der Waals surface area contributed by atoms with Gasteiger partial charge in [0.25, 0.3) is 0 Å². The molecule has 0 saturated heterocycles.